The Morgan fingerprint density at radius 2 is 2.00 bits per heavy atom. The zero-order valence-electron chi connectivity index (χ0n) is 10.9. The third kappa shape index (κ3) is 2.74. The first-order chi connectivity index (χ1) is 9.61. The Kier molecular flexibility index (Phi) is 3.55. The van der Waals surface area contributed by atoms with Crippen LogP contribution in [0.4, 0.5) is 5.69 Å². The van der Waals surface area contributed by atoms with Gasteiger partial charge in [-0.15, -0.1) is 0 Å². The number of aryl methyl sites for hydroxylation is 1. The Morgan fingerprint density at radius 3 is 2.85 bits per heavy atom. The first kappa shape index (κ1) is 13.3. The van der Waals surface area contributed by atoms with E-state index in [1.807, 2.05) is 37.3 Å². The van der Waals surface area contributed by atoms with Gasteiger partial charge in [0.1, 0.15) is 5.82 Å². The Hall–Kier alpha value is -1.71. The van der Waals surface area contributed by atoms with Crippen LogP contribution in [0.25, 0.3) is 11.0 Å². The number of anilines is 1. The van der Waals surface area contributed by atoms with Gasteiger partial charge in [-0.25, -0.2) is 4.98 Å². The fraction of sp³-hybridized carbons (Fsp3) is 0.133. The summed E-state index contributed by atoms with van der Waals surface area (Å²) in [5.74, 6) is 0.912. The van der Waals surface area contributed by atoms with E-state index in [9.17, 15) is 0 Å². The van der Waals surface area contributed by atoms with E-state index >= 15 is 0 Å². The van der Waals surface area contributed by atoms with Crippen molar-refractivity contribution in [3.63, 3.8) is 0 Å². The van der Waals surface area contributed by atoms with Crippen LogP contribution in [0.2, 0.25) is 10.0 Å². The SMILES string of the molecule is Cc1nc2ccc(NCc3cc(Cl)ccc3Cl)cc2[nH]1. The minimum atomic E-state index is 0.623. The fourth-order valence-electron chi connectivity index (χ4n) is 2.12. The van der Waals surface area contributed by atoms with Gasteiger partial charge in [0.2, 0.25) is 0 Å². The molecule has 2 aromatic carbocycles. The summed E-state index contributed by atoms with van der Waals surface area (Å²) in [6, 6.07) is 11.5. The van der Waals surface area contributed by atoms with Gasteiger partial charge in [-0.1, -0.05) is 23.2 Å². The highest BCUT2D eigenvalue weighted by Crippen LogP contribution is 2.23. The summed E-state index contributed by atoms with van der Waals surface area (Å²) in [5.41, 5.74) is 3.97. The number of H-pyrrole nitrogens is 1. The number of hydrogen-bond acceptors (Lipinski definition) is 2. The van der Waals surface area contributed by atoms with E-state index in [-0.39, 0.29) is 0 Å². The van der Waals surface area contributed by atoms with E-state index in [2.05, 4.69) is 15.3 Å². The van der Waals surface area contributed by atoms with Crippen molar-refractivity contribution in [2.75, 3.05) is 5.32 Å². The van der Waals surface area contributed by atoms with Crippen LogP contribution in [-0.4, -0.2) is 9.97 Å². The predicted octanol–water partition coefficient (Wildman–Crippen LogP) is 4.79. The molecule has 0 aliphatic carbocycles. The molecule has 3 nitrogen and oxygen atoms in total. The molecule has 3 aromatic rings. The number of halogens is 2. The molecule has 0 saturated carbocycles. The predicted molar refractivity (Wildman–Crippen MR) is 84.6 cm³/mol. The Labute approximate surface area is 126 Å². The lowest BCUT2D eigenvalue weighted by atomic mass is 10.2. The lowest BCUT2D eigenvalue weighted by Gasteiger charge is -2.08. The normalized spacial score (nSPS) is 10.9. The van der Waals surface area contributed by atoms with E-state index in [1.165, 1.54) is 0 Å². The highest BCUT2D eigenvalue weighted by Gasteiger charge is 2.03. The van der Waals surface area contributed by atoms with Crippen LogP contribution in [-0.2, 0) is 6.54 Å². The van der Waals surface area contributed by atoms with E-state index < -0.39 is 0 Å². The third-order valence-corrected chi connectivity index (χ3v) is 3.69. The molecule has 0 bridgehead atoms. The number of aromatic amines is 1. The average Bonchev–Trinajstić information content (AvgIpc) is 2.79. The largest absolute Gasteiger partial charge is 0.381 e. The first-order valence-electron chi connectivity index (χ1n) is 6.26. The highest BCUT2D eigenvalue weighted by atomic mass is 35.5. The monoisotopic (exact) mass is 305 g/mol. The van der Waals surface area contributed by atoms with Crippen LogP contribution >= 0.6 is 23.2 Å². The van der Waals surface area contributed by atoms with Crippen molar-refractivity contribution in [1.29, 1.82) is 0 Å². The smallest absolute Gasteiger partial charge is 0.104 e. The molecule has 1 heterocycles. The lowest BCUT2D eigenvalue weighted by Crippen LogP contribution is -2.00. The molecular weight excluding hydrogens is 293 g/mol. The molecule has 5 heteroatoms. The van der Waals surface area contributed by atoms with Gasteiger partial charge in [-0.05, 0) is 48.9 Å². The van der Waals surface area contributed by atoms with Crippen LogP contribution in [0.5, 0.6) is 0 Å². The van der Waals surface area contributed by atoms with Gasteiger partial charge in [-0.3, -0.25) is 0 Å². The van der Waals surface area contributed by atoms with Crippen LogP contribution in [0, 0.1) is 6.92 Å². The lowest BCUT2D eigenvalue weighted by molar-refractivity contribution is 1.15. The average molecular weight is 306 g/mol. The molecule has 102 valence electrons. The van der Waals surface area contributed by atoms with Crippen LogP contribution in [0.3, 0.4) is 0 Å². The number of benzene rings is 2. The molecule has 3 rings (SSSR count). The Balaban J connectivity index is 1.80. The summed E-state index contributed by atoms with van der Waals surface area (Å²) in [6.45, 7) is 2.57. The van der Waals surface area contributed by atoms with Gasteiger partial charge in [0.05, 0.1) is 11.0 Å². The van der Waals surface area contributed by atoms with Gasteiger partial charge in [-0.2, -0.15) is 0 Å². The molecule has 0 amide bonds. The maximum atomic E-state index is 6.15. The van der Waals surface area contributed by atoms with Crippen molar-refractivity contribution in [3.8, 4) is 0 Å². The Bertz CT molecular complexity index is 765. The van der Waals surface area contributed by atoms with Crippen molar-refractivity contribution in [2.24, 2.45) is 0 Å². The zero-order valence-corrected chi connectivity index (χ0v) is 12.4. The van der Waals surface area contributed by atoms with Crippen LogP contribution in [0.1, 0.15) is 11.4 Å². The summed E-state index contributed by atoms with van der Waals surface area (Å²) in [4.78, 5) is 7.60. The number of nitrogens with zero attached hydrogens (tertiary/aromatic N) is 1. The minimum absolute atomic E-state index is 0.623. The van der Waals surface area contributed by atoms with Gasteiger partial charge < -0.3 is 10.3 Å². The van der Waals surface area contributed by atoms with Crippen LogP contribution < -0.4 is 5.32 Å². The summed E-state index contributed by atoms with van der Waals surface area (Å²) in [6.07, 6.45) is 0. The van der Waals surface area contributed by atoms with Crippen molar-refractivity contribution >= 4 is 39.9 Å². The molecule has 0 atom stereocenters. The molecule has 1 aromatic heterocycles. The third-order valence-electron chi connectivity index (χ3n) is 3.09. The molecule has 0 unspecified atom stereocenters. The minimum Gasteiger partial charge on any atom is -0.381 e. The van der Waals surface area contributed by atoms with Gasteiger partial charge in [0.25, 0.3) is 0 Å². The highest BCUT2D eigenvalue weighted by molar-refractivity contribution is 6.33. The van der Waals surface area contributed by atoms with Crippen molar-refractivity contribution in [1.82, 2.24) is 9.97 Å². The first-order valence-corrected chi connectivity index (χ1v) is 7.01. The second-order valence-electron chi connectivity index (χ2n) is 4.64. The molecule has 20 heavy (non-hydrogen) atoms. The Morgan fingerprint density at radius 1 is 1.15 bits per heavy atom. The van der Waals surface area contributed by atoms with Crippen molar-refractivity contribution < 1.29 is 0 Å². The van der Waals surface area contributed by atoms with E-state index in [4.69, 9.17) is 23.2 Å². The molecular formula is C15H13Cl2N3. The summed E-state index contributed by atoms with van der Waals surface area (Å²) in [5, 5.41) is 4.73. The van der Waals surface area contributed by atoms with Crippen LogP contribution in [0.15, 0.2) is 36.4 Å². The summed E-state index contributed by atoms with van der Waals surface area (Å²) >= 11 is 12.1. The van der Waals surface area contributed by atoms with E-state index in [0.29, 0.717) is 16.6 Å². The summed E-state index contributed by atoms with van der Waals surface area (Å²) < 4.78 is 0. The molecule has 0 spiro atoms. The number of rotatable bonds is 3. The van der Waals surface area contributed by atoms with Crippen molar-refractivity contribution in [3.05, 3.63) is 57.8 Å². The number of aromatic nitrogens is 2. The van der Waals surface area contributed by atoms with E-state index in [0.717, 1.165) is 28.1 Å². The maximum Gasteiger partial charge on any atom is 0.104 e. The molecule has 0 fully saturated rings. The zero-order chi connectivity index (χ0) is 14.1. The second-order valence-corrected chi connectivity index (χ2v) is 5.49. The van der Waals surface area contributed by atoms with Gasteiger partial charge >= 0.3 is 0 Å². The summed E-state index contributed by atoms with van der Waals surface area (Å²) in [7, 11) is 0. The molecule has 0 saturated heterocycles. The second kappa shape index (κ2) is 5.35. The van der Waals surface area contributed by atoms with Gasteiger partial charge in [0.15, 0.2) is 0 Å². The quantitative estimate of drug-likeness (QED) is 0.730. The molecule has 2 N–H and O–H groups in total. The fourth-order valence-corrected chi connectivity index (χ4v) is 2.50. The van der Waals surface area contributed by atoms with Gasteiger partial charge in [0, 0.05) is 22.3 Å². The molecule has 0 radical (unpaired) electrons. The number of fused-ring (bicyclic) bond motifs is 1. The topological polar surface area (TPSA) is 40.7 Å². The maximum absolute atomic E-state index is 6.15. The number of imidazole rings is 1. The van der Waals surface area contributed by atoms with E-state index in [1.54, 1.807) is 6.07 Å². The molecule has 0 aliphatic rings. The number of nitrogens with one attached hydrogen (secondary N) is 2. The van der Waals surface area contributed by atoms with Crippen molar-refractivity contribution in [2.45, 2.75) is 13.5 Å². The number of hydrogen-bond donors (Lipinski definition) is 2. The standard InChI is InChI=1S/C15H13Cl2N3/c1-9-19-14-5-3-12(7-15(14)20-9)18-8-10-6-11(16)2-4-13(10)17/h2-7,18H,8H2,1H3,(H,19,20). The molecule has 0 aliphatic heterocycles.